The van der Waals surface area contributed by atoms with Crippen molar-refractivity contribution in [3.8, 4) is 0 Å². The van der Waals surface area contributed by atoms with Crippen molar-refractivity contribution in [3.63, 3.8) is 0 Å². The van der Waals surface area contributed by atoms with E-state index >= 15 is 0 Å². The highest BCUT2D eigenvalue weighted by molar-refractivity contribution is 5.93. The molecule has 6 nitrogen and oxygen atoms in total. The quantitative estimate of drug-likeness (QED) is 0.671. The number of carbonyl (C=O) groups is 2. The molecule has 0 radical (unpaired) electrons. The Balaban J connectivity index is 1.36. The van der Waals surface area contributed by atoms with Gasteiger partial charge in [0.05, 0.1) is 17.2 Å². The maximum absolute atomic E-state index is 13.0. The Morgan fingerprint density at radius 2 is 1.80 bits per heavy atom. The Morgan fingerprint density at radius 3 is 2.53 bits per heavy atom. The predicted molar refractivity (Wildman–Crippen MR) is 94.3 cm³/mol. The van der Waals surface area contributed by atoms with Crippen molar-refractivity contribution < 1.29 is 41.7 Å². The molecule has 2 aliphatic carbocycles. The molecule has 2 saturated heterocycles. The summed E-state index contributed by atoms with van der Waals surface area (Å²) in [5, 5.41) is 0. The Bertz CT molecular complexity index is 878. The standard InChI is InChI=1S/C21H21F3O6/c22-21(23,24)13-6-4-5-12(9-13)17(25)30-19-10-14(27-18(19)26)16-15(11-19)28-20(29-16)7-2-1-3-8-20/h4-6,9,14-16H,1-3,7-8,10-11H2/t14-,15-,16+,19-/m1/s1. The molecule has 5 rings (SSSR count). The van der Waals surface area contributed by atoms with Crippen LogP contribution in [0.1, 0.15) is 60.9 Å². The first-order valence-corrected chi connectivity index (χ1v) is 10.2. The van der Waals surface area contributed by atoms with Crippen LogP contribution in [0.25, 0.3) is 0 Å². The molecule has 1 aromatic carbocycles. The fourth-order valence-corrected chi connectivity index (χ4v) is 5.05. The SMILES string of the molecule is O=C(O[C@@]12C[C@@H](OC1=O)[C@@H]1OC3(CCCCC3)O[C@@H]1C2)c1cccc(C(F)(F)F)c1. The highest BCUT2D eigenvalue weighted by Gasteiger charge is 2.66. The van der Waals surface area contributed by atoms with Gasteiger partial charge in [-0.2, -0.15) is 13.2 Å². The van der Waals surface area contributed by atoms with Crippen molar-refractivity contribution >= 4 is 11.9 Å². The summed E-state index contributed by atoms with van der Waals surface area (Å²) >= 11 is 0. The number of hydrogen-bond donors (Lipinski definition) is 0. The van der Waals surface area contributed by atoms with Crippen LogP contribution in [0.2, 0.25) is 0 Å². The van der Waals surface area contributed by atoms with E-state index in [2.05, 4.69) is 0 Å². The van der Waals surface area contributed by atoms with Crippen LogP contribution >= 0.6 is 0 Å². The second-order valence-corrected chi connectivity index (χ2v) is 8.52. The van der Waals surface area contributed by atoms with Crippen molar-refractivity contribution in [3.05, 3.63) is 35.4 Å². The van der Waals surface area contributed by atoms with Crippen LogP contribution in [0.3, 0.4) is 0 Å². The van der Waals surface area contributed by atoms with Crippen LogP contribution in [0.4, 0.5) is 13.2 Å². The van der Waals surface area contributed by atoms with Crippen LogP contribution in [0.15, 0.2) is 24.3 Å². The zero-order valence-corrected chi connectivity index (χ0v) is 16.1. The highest BCUT2D eigenvalue weighted by Crippen LogP contribution is 2.51. The van der Waals surface area contributed by atoms with Crippen LogP contribution < -0.4 is 0 Å². The highest BCUT2D eigenvalue weighted by atomic mass is 19.4. The van der Waals surface area contributed by atoms with Gasteiger partial charge < -0.3 is 18.9 Å². The zero-order chi connectivity index (χ0) is 21.1. The van der Waals surface area contributed by atoms with E-state index < -0.39 is 53.4 Å². The molecule has 1 aromatic rings. The summed E-state index contributed by atoms with van der Waals surface area (Å²) in [5.41, 5.74) is -2.80. The monoisotopic (exact) mass is 426 g/mol. The van der Waals surface area contributed by atoms with Crippen molar-refractivity contribution in [1.82, 2.24) is 0 Å². The molecule has 162 valence electrons. The lowest BCUT2D eigenvalue weighted by atomic mass is 9.82. The van der Waals surface area contributed by atoms with Crippen molar-refractivity contribution in [2.75, 3.05) is 0 Å². The lowest BCUT2D eigenvalue weighted by Crippen LogP contribution is -2.49. The lowest BCUT2D eigenvalue weighted by molar-refractivity contribution is -0.203. The molecule has 4 aliphatic rings. The summed E-state index contributed by atoms with van der Waals surface area (Å²) in [4.78, 5) is 25.2. The number of rotatable bonds is 2. The minimum atomic E-state index is -4.59. The number of benzene rings is 1. The van der Waals surface area contributed by atoms with Gasteiger partial charge >= 0.3 is 18.1 Å². The molecule has 0 unspecified atom stereocenters. The maximum atomic E-state index is 13.0. The molecule has 2 saturated carbocycles. The Kier molecular flexibility index (Phi) is 4.41. The molecular weight excluding hydrogens is 405 g/mol. The van der Waals surface area contributed by atoms with E-state index in [9.17, 15) is 22.8 Å². The summed E-state index contributed by atoms with van der Waals surface area (Å²) in [6.07, 6.45) is -1.30. The first-order valence-electron chi connectivity index (χ1n) is 10.2. The molecule has 2 bridgehead atoms. The summed E-state index contributed by atoms with van der Waals surface area (Å²) in [6, 6.07) is 3.94. The largest absolute Gasteiger partial charge is 0.456 e. The molecule has 9 heteroatoms. The van der Waals surface area contributed by atoms with Crippen LogP contribution in [0.5, 0.6) is 0 Å². The minimum absolute atomic E-state index is 0.0689. The van der Waals surface area contributed by atoms with Crippen molar-refractivity contribution in [1.29, 1.82) is 0 Å². The van der Waals surface area contributed by atoms with Gasteiger partial charge in [-0.25, -0.2) is 9.59 Å². The first kappa shape index (κ1) is 19.8. The van der Waals surface area contributed by atoms with E-state index in [1.807, 2.05) is 0 Å². The smallest absolute Gasteiger partial charge is 0.416 e. The van der Waals surface area contributed by atoms with Gasteiger partial charge in [-0.1, -0.05) is 12.5 Å². The second-order valence-electron chi connectivity index (χ2n) is 8.52. The van der Waals surface area contributed by atoms with Gasteiger partial charge in [0.15, 0.2) is 5.79 Å². The third-order valence-electron chi connectivity index (χ3n) is 6.47. The normalized spacial score (nSPS) is 34.5. The van der Waals surface area contributed by atoms with E-state index in [1.54, 1.807) is 0 Å². The third-order valence-corrected chi connectivity index (χ3v) is 6.47. The fourth-order valence-electron chi connectivity index (χ4n) is 5.05. The van der Waals surface area contributed by atoms with Gasteiger partial charge in [-0.3, -0.25) is 0 Å². The number of alkyl halides is 3. The topological polar surface area (TPSA) is 71.1 Å². The molecule has 30 heavy (non-hydrogen) atoms. The first-order chi connectivity index (χ1) is 14.2. The minimum Gasteiger partial charge on any atom is -0.456 e. The number of hydrogen-bond acceptors (Lipinski definition) is 6. The number of halogens is 3. The third kappa shape index (κ3) is 3.19. The second kappa shape index (κ2) is 6.68. The molecular formula is C21H21F3O6. The maximum Gasteiger partial charge on any atom is 0.416 e. The molecule has 4 fully saturated rings. The molecule has 2 heterocycles. The Labute approximate surface area is 170 Å². The molecule has 0 amide bonds. The van der Waals surface area contributed by atoms with Crippen LogP contribution in [0, 0.1) is 0 Å². The van der Waals surface area contributed by atoms with E-state index in [0.29, 0.717) is 6.07 Å². The van der Waals surface area contributed by atoms with Gasteiger partial charge in [0.25, 0.3) is 0 Å². The van der Waals surface area contributed by atoms with E-state index in [-0.39, 0.29) is 18.4 Å². The number of ether oxygens (including phenoxy) is 4. The molecule has 0 N–H and O–H groups in total. The van der Waals surface area contributed by atoms with E-state index in [0.717, 1.165) is 44.2 Å². The Hall–Kier alpha value is -2.13. The molecule has 2 aliphatic heterocycles. The number of esters is 2. The summed E-state index contributed by atoms with van der Waals surface area (Å²) in [6.45, 7) is 0. The Morgan fingerprint density at radius 1 is 1.07 bits per heavy atom. The van der Waals surface area contributed by atoms with Gasteiger partial charge in [0, 0.05) is 25.7 Å². The van der Waals surface area contributed by atoms with Crippen LogP contribution in [-0.4, -0.2) is 41.6 Å². The van der Waals surface area contributed by atoms with E-state index in [1.165, 1.54) is 6.07 Å². The van der Waals surface area contributed by atoms with E-state index in [4.69, 9.17) is 18.9 Å². The average Bonchev–Trinajstić information content (AvgIpc) is 3.18. The molecule has 1 spiro atoms. The van der Waals surface area contributed by atoms with Gasteiger partial charge in [0.1, 0.15) is 12.2 Å². The number of fused-ring (bicyclic) bond motifs is 4. The summed E-state index contributed by atoms with van der Waals surface area (Å²) in [5.74, 6) is -2.38. The fraction of sp³-hybridized carbons (Fsp3) is 0.619. The molecule has 4 atom stereocenters. The van der Waals surface area contributed by atoms with Crippen LogP contribution in [-0.2, 0) is 29.9 Å². The summed E-state index contributed by atoms with van der Waals surface area (Å²) < 4.78 is 62.2. The number of carbonyl (C=O) groups excluding carboxylic acids is 2. The van der Waals surface area contributed by atoms with Crippen molar-refractivity contribution in [2.45, 2.75) is 80.8 Å². The van der Waals surface area contributed by atoms with Gasteiger partial charge in [-0.15, -0.1) is 0 Å². The lowest BCUT2D eigenvalue weighted by Gasteiger charge is -2.33. The van der Waals surface area contributed by atoms with Gasteiger partial charge in [-0.05, 0) is 31.0 Å². The molecule has 0 aromatic heterocycles. The summed E-state index contributed by atoms with van der Waals surface area (Å²) in [7, 11) is 0. The van der Waals surface area contributed by atoms with Gasteiger partial charge in [0.2, 0.25) is 5.60 Å². The predicted octanol–water partition coefficient (Wildman–Crippen LogP) is 3.76. The average molecular weight is 426 g/mol. The zero-order valence-electron chi connectivity index (χ0n) is 16.1. The van der Waals surface area contributed by atoms with Crippen molar-refractivity contribution in [2.24, 2.45) is 0 Å².